The number of nitrogens with zero attached hydrogens (tertiary/aromatic N) is 2. The summed E-state index contributed by atoms with van der Waals surface area (Å²) >= 11 is 0. The first kappa shape index (κ1) is 29.6. The summed E-state index contributed by atoms with van der Waals surface area (Å²) in [6, 6.07) is 11.3. The van der Waals surface area contributed by atoms with Crippen molar-refractivity contribution in [3.8, 4) is 11.5 Å². The highest BCUT2D eigenvalue weighted by atomic mass is 16.5. The Kier molecular flexibility index (Phi) is 9.41. The van der Waals surface area contributed by atoms with Gasteiger partial charge in [0.15, 0.2) is 18.2 Å². The van der Waals surface area contributed by atoms with E-state index in [1.54, 1.807) is 18.2 Å². The first-order chi connectivity index (χ1) is 20.3. The number of nitrogens with one attached hydrogen (secondary N) is 1. The summed E-state index contributed by atoms with van der Waals surface area (Å²) < 4.78 is 5.98. The molecule has 6 N–H and O–H groups in total. The molecule has 3 atom stereocenters. The molecule has 2 aromatic rings. The fraction of sp³-hybridized carbons (Fsp3) is 0.394. The number of hydrogen-bond donors (Lipinski definition) is 5. The molecule has 2 aromatic carbocycles. The van der Waals surface area contributed by atoms with Gasteiger partial charge in [0.05, 0.1) is 24.5 Å². The highest BCUT2D eigenvalue weighted by Crippen LogP contribution is 2.33. The van der Waals surface area contributed by atoms with Crippen molar-refractivity contribution in [2.75, 3.05) is 13.3 Å². The molecule has 3 aliphatic rings. The zero-order valence-corrected chi connectivity index (χ0v) is 24.0. The zero-order chi connectivity index (χ0) is 29.6. The van der Waals surface area contributed by atoms with Gasteiger partial charge in [-0.15, -0.1) is 0 Å². The number of fused-ring (bicyclic) bond motifs is 2. The Hall–Kier alpha value is -3.92. The number of aryl methyl sites for hydroxylation is 1. The van der Waals surface area contributed by atoms with E-state index < -0.39 is 12.2 Å². The maximum atomic E-state index is 12.4. The third kappa shape index (κ3) is 7.10. The van der Waals surface area contributed by atoms with Crippen molar-refractivity contribution in [3.63, 3.8) is 0 Å². The topological polar surface area (TPSA) is 141 Å². The van der Waals surface area contributed by atoms with E-state index in [0.717, 1.165) is 46.4 Å². The Morgan fingerprint density at radius 3 is 2.93 bits per heavy atom. The molecule has 0 amide bonds. The second-order valence-electron chi connectivity index (χ2n) is 11.2. The number of aliphatic hydroxyl groups excluding tert-OH is 2. The molecule has 0 radical (unpaired) electrons. The fourth-order valence-corrected chi connectivity index (χ4v) is 5.68. The van der Waals surface area contributed by atoms with E-state index in [4.69, 9.17) is 10.5 Å². The molecule has 42 heavy (non-hydrogen) atoms. The summed E-state index contributed by atoms with van der Waals surface area (Å²) in [5.74, 6) is 0.321. The number of rotatable bonds is 14. The van der Waals surface area contributed by atoms with Crippen LogP contribution in [0.15, 0.2) is 71.1 Å². The summed E-state index contributed by atoms with van der Waals surface area (Å²) in [4.78, 5) is 19.0. The van der Waals surface area contributed by atoms with Crippen molar-refractivity contribution in [1.82, 2.24) is 10.2 Å². The summed E-state index contributed by atoms with van der Waals surface area (Å²) in [6.45, 7) is 2.82. The number of nitrogens with two attached hydrogens (primary N) is 1. The molecule has 3 heterocycles. The van der Waals surface area contributed by atoms with Crippen LogP contribution in [0.4, 0.5) is 0 Å². The quantitative estimate of drug-likeness (QED) is 0.230. The fourth-order valence-electron chi connectivity index (χ4n) is 5.68. The minimum absolute atomic E-state index is 0.0281. The van der Waals surface area contributed by atoms with Gasteiger partial charge >= 0.3 is 0 Å². The van der Waals surface area contributed by atoms with Crippen molar-refractivity contribution in [1.29, 1.82) is 0 Å². The van der Waals surface area contributed by atoms with Crippen LogP contribution in [-0.4, -0.2) is 57.2 Å². The monoisotopic (exact) mass is 572 g/mol. The third-order valence-electron chi connectivity index (χ3n) is 7.90. The molecule has 5 rings (SSSR count). The minimum atomic E-state index is -0.836. The van der Waals surface area contributed by atoms with E-state index in [0.29, 0.717) is 25.1 Å². The van der Waals surface area contributed by atoms with Gasteiger partial charge in [-0.05, 0) is 71.5 Å². The lowest BCUT2D eigenvalue weighted by Crippen LogP contribution is -2.27. The van der Waals surface area contributed by atoms with Gasteiger partial charge in [-0.25, -0.2) is 0 Å². The number of carbonyl (C=O) groups is 1. The number of allylic oxidation sites excluding steroid dienone is 1. The molecule has 0 spiro atoms. The Balaban J connectivity index is 1.14. The van der Waals surface area contributed by atoms with Crippen molar-refractivity contribution in [2.24, 2.45) is 10.7 Å². The maximum absolute atomic E-state index is 12.4. The van der Waals surface area contributed by atoms with Crippen LogP contribution in [0.3, 0.4) is 0 Å². The molecule has 0 bridgehead atoms. The second kappa shape index (κ2) is 13.4. The first-order valence-electron chi connectivity index (χ1n) is 14.7. The van der Waals surface area contributed by atoms with Crippen molar-refractivity contribution in [3.05, 3.63) is 88.4 Å². The number of phenols is 1. The van der Waals surface area contributed by atoms with E-state index in [-0.39, 0.29) is 43.7 Å². The Morgan fingerprint density at radius 2 is 2.10 bits per heavy atom. The van der Waals surface area contributed by atoms with Gasteiger partial charge in [-0.2, -0.15) is 0 Å². The largest absolute Gasteiger partial charge is 0.504 e. The first-order valence-corrected chi connectivity index (χ1v) is 14.7. The van der Waals surface area contributed by atoms with Crippen LogP contribution in [0.5, 0.6) is 11.5 Å². The highest BCUT2D eigenvalue weighted by Gasteiger charge is 2.27. The number of hydrogen-bond acceptors (Lipinski definition) is 9. The average Bonchev–Trinajstić information content (AvgIpc) is 3.53. The van der Waals surface area contributed by atoms with Crippen molar-refractivity contribution in [2.45, 2.75) is 70.2 Å². The number of aliphatic hydroxyl groups is 2. The normalized spacial score (nSPS) is 18.4. The van der Waals surface area contributed by atoms with E-state index in [2.05, 4.69) is 28.7 Å². The van der Waals surface area contributed by atoms with E-state index >= 15 is 0 Å². The van der Waals surface area contributed by atoms with Crippen LogP contribution < -0.4 is 15.8 Å². The second-order valence-corrected chi connectivity index (χ2v) is 11.2. The molecule has 0 aliphatic carbocycles. The lowest BCUT2D eigenvalue weighted by atomic mass is 9.91. The molecular formula is C33H40N4O5. The van der Waals surface area contributed by atoms with Crippen LogP contribution >= 0.6 is 0 Å². The maximum Gasteiger partial charge on any atom is 0.163 e. The molecule has 0 fully saturated rings. The molecule has 0 aromatic heterocycles. The third-order valence-corrected chi connectivity index (χ3v) is 7.90. The number of carbonyl (C=O) groups excluding carboxylic acids is 1. The highest BCUT2D eigenvalue weighted by molar-refractivity contribution is 6.09. The standard InChI is InChI=1S/C33H40N4O5/c1-2-4-24(38)15-26(40)16-25(39)9-7-21-8-10-31(41)32(13-21)42-20-37-18-29-23(17-36-30(29)19-37)14-22-5-3-6-28-27(22)11-12-35-33(28)34/h3,5-6,8,10-13,17-18,24,26,33,35,38,40-41H,2,4,7,9,14-16,19-20,34H2,1H3/t24-,26+,33-/m0/s1. The number of ether oxygens (including phenoxy) is 1. The lowest BCUT2D eigenvalue weighted by molar-refractivity contribution is -0.121. The summed E-state index contributed by atoms with van der Waals surface area (Å²) in [5, 5.41) is 33.5. The Labute approximate surface area is 246 Å². The van der Waals surface area contributed by atoms with Crippen LogP contribution in [0, 0.1) is 0 Å². The van der Waals surface area contributed by atoms with Crippen molar-refractivity contribution >= 4 is 17.6 Å². The predicted octanol–water partition coefficient (Wildman–Crippen LogP) is 3.84. The van der Waals surface area contributed by atoms with E-state index in [9.17, 15) is 20.1 Å². The number of aromatic hydroxyl groups is 1. The number of phenolic OH excluding ortho intramolecular Hbond substituents is 1. The summed E-state index contributed by atoms with van der Waals surface area (Å²) in [5.41, 5.74) is 13.7. The van der Waals surface area contributed by atoms with Crippen LogP contribution in [0.1, 0.15) is 67.4 Å². The lowest BCUT2D eigenvalue weighted by Gasteiger charge is -2.22. The van der Waals surface area contributed by atoms with Crippen LogP contribution in [-0.2, 0) is 17.6 Å². The Bertz CT molecular complexity index is 1430. The zero-order valence-electron chi connectivity index (χ0n) is 24.0. The van der Waals surface area contributed by atoms with Gasteiger partial charge in [0.1, 0.15) is 11.9 Å². The van der Waals surface area contributed by atoms with Crippen LogP contribution in [0.25, 0.3) is 6.08 Å². The van der Waals surface area contributed by atoms with Gasteiger partial charge < -0.3 is 36.0 Å². The minimum Gasteiger partial charge on any atom is -0.504 e. The molecular weight excluding hydrogens is 532 g/mol. The summed E-state index contributed by atoms with van der Waals surface area (Å²) in [7, 11) is 0. The number of ketones is 1. The smallest absolute Gasteiger partial charge is 0.163 e. The summed E-state index contributed by atoms with van der Waals surface area (Å²) in [6.07, 6.45) is 9.47. The average molecular weight is 573 g/mol. The molecule has 222 valence electrons. The number of aliphatic imine (C=N–C) groups is 1. The molecule has 0 saturated carbocycles. The van der Waals surface area contributed by atoms with Crippen LogP contribution in [0.2, 0.25) is 0 Å². The Morgan fingerprint density at radius 1 is 1.24 bits per heavy atom. The van der Waals surface area contributed by atoms with E-state index in [1.807, 2.05) is 36.4 Å². The molecule has 0 unspecified atom stereocenters. The predicted molar refractivity (Wildman–Crippen MR) is 163 cm³/mol. The van der Waals surface area contributed by atoms with Crippen molar-refractivity contribution < 1.29 is 24.9 Å². The molecule has 3 aliphatic heterocycles. The van der Waals surface area contributed by atoms with Gasteiger partial charge in [-0.1, -0.05) is 37.6 Å². The van der Waals surface area contributed by atoms with Gasteiger partial charge in [0.25, 0.3) is 0 Å². The molecule has 9 heteroatoms. The van der Waals surface area contributed by atoms with Gasteiger partial charge in [0.2, 0.25) is 0 Å². The SMILES string of the molecule is CCC[C@H](O)C[C@@H](O)CC(=O)CCc1ccc(O)c(OCN2C=C3C(Cc4cccc5c4C=CN[C@@H]5N)=CN=C3C2)c1. The number of Topliss-reactive ketones (excluding diaryl/α,β-unsaturated/α-hetero) is 1. The van der Waals surface area contributed by atoms with E-state index in [1.165, 1.54) is 5.56 Å². The molecule has 9 nitrogen and oxygen atoms in total. The molecule has 0 saturated heterocycles. The van der Waals surface area contributed by atoms with Gasteiger partial charge in [-0.3, -0.25) is 9.79 Å². The van der Waals surface area contributed by atoms with Gasteiger partial charge in [0, 0.05) is 37.2 Å². The number of benzene rings is 2.